The van der Waals surface area contributed by atoms with E-state index in [1.54, 1.807) is 0 Å². The van der Waals surface area contributed by atoms with Gasteiger partial charge in [-0.25, -0.2) is 13.6 Å². The fourth-order valence-electron chi connectivity index (χ4n) is 3.58. The summed E-state index contributed by atoms with van der Waals surface area (Å²) >= 11 is 6.51. The van der Waals surface area contributed by atoms with Crippen LogP contribution in [0.2, 0.25) is 5.02 Å². The van der Waals surface area contributed by atoms with E-state index in [2.05, 4.69) is 0 Å². The number of aromatic nitrogens is 2. The van der Waals surface area contributed by atoms with Gasteiger partial charge >= 0.3 is 5.69 Å². The maximum absolute atomic E-state index is 14.1. The number of hydrogen-bond donors (Lipinski definition) is 2. The lowest BCUT2D eigenvalue weighted by molar-refractivity contribution is -0.0170. The Bertz CT molecular complexity index is 1010. The molecule has 1 saturated heterocycles. The van der Waals surface area contributed by atoms with Crippen LogP contribution < -0.4 is 27.7 Å². The highest BCUT2D eigenvalue weighted by molar-refractivity contribution is 6.37. The molecule has 1 aliphatic heterocycles. The molecule has 1 aromatic carbocycles. The second kappa shape index (κ2) is 5.68. The topological polar surface area (TPSA) is 99.3 Å². The third kappa shape index (κ3) is 2.41. The zero-order chi connectivity index (χ0) is 18.8. The first-order valence-corrected chi connectivity index (χ1v) is 8.71. The number of fused-ring (bicyclic) bond motifs is 1. The molecule has 1 atom stereocenters. The SMILES string of the molecule is NCC1CN(c2ccc3c(=O)n(N)c(=O)n(C4CC4)c3c2Cl)CC1(F)F. The Morgan fingerprint density at radius 3 is 2.54 bits per heavy atom. The Hall–Kier alpha value is -2.13. The van der Waals surface area contributed by atoms with Gasteiger partial charge in [-0.3, -0.25) is 9.36 Å². The molecule has 2 aromatic rings. The number of anilines is 1. The zero-order valence-corrected chi connectivity index (χ0v) is 14.5. The molecule has 7 nitrogen and oxygen atoms in total. The molecule has 0 spiro atoms. The lowest BCUT2D eigenvalue weighted by Crippen LogP contribution is -2.44. The van der Waals surface area contributed by atoms with Crippen LogP contribution in [0.15, 0.2) is 21.7 Å². The third-order valence-corrected chi connectivity index (χ3v) is 5.55. The number of nitrogens with zero attached hydrogens (tertiary/aromatic N) is 3. The summed E-state index contributed by atoms with van der Waals surface area (Å²) < 4.78 is 30.2. The molecule has 1 aromatic heterocycles. The van der Waals surface area contributed by atoms with E-state index in [9.17, 15) is 18.4 Å². The lowest BCUT2D eigenvalue weighted by atomic mass is 10.1. The summed E-state index contributed by atoms with van der Waals surface area (Å²) in [6.45, 7) is -0.600. The second-order valence-electron chi connectivity index (χ2n) is 6.93. The Balaban J connectivity index is 1.93. The molecule has 4 rings (SSSR count). The highest BCUT2D eigenvalue weighted by Crippen LogP contribution is 2.42. The van der Waals surface area contributed by atoms with Gasteiger partial charge in [-0.05, 0) is 25.0 Å². The fraction of sp³-hybridized carbons (Fsp3) is 0.500. The van der Waals surface area contributed by atoms with Crippen molar-refractivity contribution in [3.8, 4) is 0 Å². The van der Waals surface area contributed by atoms with Crippen LogP contribution in [-0.2, 0) is 0 Å². The Labute approximate surface area is 151 Å². The molecule has 0 amide bonds. The molecule has 2 heterocycles. The quantitative estimate of drug-likeness (QED) is 0.765. The van der Waals surface area contributed by atoms with Gasteiger partial charge in [-0.2, -0.15) is 4.68 Å². The van der Waals surface area contributed by atoms with Gasteiger partial charge in [0.2, 0.25) is 0 Å². The number of nitrogens with two attached hydrogens (primary N) is 2. The number of halogens is 3. The van der Waals surface area contributed by atoms with Crippen molar-refractivity contribution in [2.24, 2.45) is 11.7 Å². The molecule has 0 radical (unpaired) electrons. The molecule has 10 heteroatoms. The van der Waals surface area contributed by atoms with Gasteiger partial charge in [0, 0.05) is 19.1 Å². The van der Waals surface area contributed by atoms with Gasteiger partial charge in [0.1, 0.15) is 0 Å². The van der Waals surface area contributed by atoms with Crippen molar-refractivity contribution in [3.05, 3.63) is 38.0 Å². The monoisotopic (exact) mass is 385 g/mol. The van der Waals surface area contributed by atoms with Gasteiger partial charge in [-0.1, -0.05) is 11.6 Å². The average molecular weight is 386 g/mol. The van der Waals surface area contributed by atoms with Crippen molar-refractivity contribution in [2.45, 2.75) is 24.8 Å². The summed E-state index contributed by atoms with van der Waals surface area (Å²) in [7, 11) is 0. The van der Waals surface area contributed by atoms with E-state index in [-0.39, 0.29) is 35.1 Å². The summed E-state index contributed by atoms with van der Waals surface area (Å²) in [6, 6.07) is 2.90. The number of hydrogen-bond acceptors (Lipinski definition) is 5. The molecule has 140 valence electrons. The van der Waals surface area contributed by atoms with E-state index in [1.165, 1.54) is 21.6 Å². The maximum atomic E-state index is 14.1. The summed E-state index contributed by atoms with van der Waals surface area (Å²) in [5.74, 6) is 1.70. The van der Waals surface area contributed by atoms with Crippen molar-refractivity contribution in [1.82, 2.24) is 9.24 Å². The molecule has 26 heavy (non-hydrogen) atoms. The van der Waals surface area contributed by atoms with Crippen molar-refractivity contribution in [1.29, 1.82) is 0 Å². The molecular formula is C16H18ClF2N5O2. The first-order chi connectivity index (χ1) is 12.3. The molecule has 4 N–H and O–H groups in total. The first kappa shape index (κ1) is 17.3. The van der Waals surface area contributed by atoms with E-state index in [0.717, 1.165) is 12.8 Å². The van der Waals surface area contributed by atoms with Gasteiger partial charge in [0.25, 0.3) is 11.5 Å². The van der Waals surface area contributed by atoms with Gasteiger partial charge in [0.05, 0.1) is 34.1 Å². The smallest absolute Gasteiger partial charge is 0.350 e. The number of rotatable bonds is 3. The average Bonchev–Trinajstić information content (AvgIpc) is 3.37. The van der Waals surface area contributed by atoms with Crippen LogP contribution in [0.3, 0.4) is 0 Å². The Morgan fingerprint density at radius 1 is 1.27 bits per heavy atom. The molecule has 1 saturated carbocycles. The molecule has 2 fully saturated rings. The minimum Gasteiger partial charge on any atom is -0.364 e. The van der Waals surface area contributed by atoms with E-state index in [4.69, 9.17) is 23.2 Å². The Morgan fingerprint density at radius 2 is 1.96 bits per heavy atom. The van der Waals surface area contributed by atoms with Crippen LogP contribution in [0, 0.1) is 5.92 Å². The largest absolute Gasteiger partial charge is 0.364 e. The molecule has 1 unspecified atom stereocenters. The molecular weight excluding hydrogens is 368 g/mol. The predicted octanol–water partition coefficient (Wildman–Crippen LogP) is 0.895. The van der Waals surface area contributed by atoms with Crippen LogP contribution >= 0.6 is 11.6 Å². The van der Waals surface area contributed by atoms with E-state index in [0.29, 0.717) is 10.4 Å². The Kier molecular flexibility index (Phi) is 3.78. The highest BCUT2D eigenvalue weighted by Gasteiger charge is 2.47. The van der Waals surface area contributed by atoms with Gasteiger partial charge < -0.3 is 16.5 Å². The lowest BCUT2D eigenvalue weighted by Gasteiger charge is -2.22. The minimum atomic E-state index is -2.93. The van der Waals surface area contributed by atoms with Crippen LogP contribution in [-0.4, -0.2) is 34.8 Å². The maximum Gasteiger partial charge on any atom is 0.350 e. The van der Waals surface area contributed by atoms with Crippen molar-refractivity contribution < 1.29 is 8.78 Å². The van der Waals surface area contributed by atoms with Crippen molar-refractivity contribution in [3.63, 3.8) is 0 Å². The zero-order valence-electron chi connectivity index (χ0n) is 13.8. The molecule has 2 aliphatic rings. The van der Waals surface area contributed by atoms with Gasteiger partial charge in [0.15, 0.2) is 0 Å². The minimum absolute atomic E-state index is 0.0519. The fourth-order valence-corrected chi connectivity index (χ4v) is 3.96. The van der Waals surface area contributed by atoms with Crippen molar-refractivity contribution >= 4 is 28.2 Å². The van der Waals surface area contributed by atoms with Crippen LogP contribution in [0.1, 0.15) is 18.9 Å². The number of alkyl halides is 2. The predicted molar refractivity (Wildman–Crippen MR) is 95.6 cm³/mol. The first-order valence-electron chi connectivity index (χ1n) is 8.34. The second-order valence-corrected chi connectivity index (χ2v) is 7.31. The van der Waals surface area contributed by atoms with Gasteiger partial charge in [-0.15, -0.1) is 0 Å². The summed E-state index contributed by atoms with van der Waals surface area (Å²) in [5, 5.41) is 0.298. The van der Waals surface area contributed by atoms with E-state index < -0.39 is 29.6 Å². The molecule has 1 aliphatic carbocycles. The van der Waals surface area contributed by atoms with Crippen LogP contribution in [0.25, 0.3) is 10.9 Å². The summed E-state index contributed by atoms with van der Waals surface area (Å²) in [6.07, 6.45) is 1.54. The standard InChI is InChI=1S/C16H18ClF2N5O2/c17-12-11(22-6-8(5-20)16(18,19)7-22)4-3-10-13(12)23(9-1-2-9)15(26)24(21)14(10)25/h3-4,8-9H,1-2,5-7,20-21H2. The summed E-state index contributed by atoms with van der Waals surface area (Å²) in [5.41, 5.74) is 4.75. The number of benzene rings is 1. The molecule has 0 bridgehead atoms. The summed E-state index contributed by atoms with van der Waals surface area (Å²) in [4.78, 5) is 26.3. The van der Waals surface area contributed by atoms with Crippen LogP contribution in [0.5, 0.6) is 0 Å². The highest BCUT2D eigenvalue weighted by atomic mass is 35.5. The van der Waals surface area contributed by atoms with E-state index in [1.807, 2.05) is 0 Å². The number of nitrogen functional groups attached to an aromatic ring is 1. The van der Waals surface area contributed by atoms with E-state index >= 15 is 0 Å². The normalized spacial score (nSPS) is 22.3. The third-order valence-electron chi connectivity index (χ3n) is 5.18. The van der Waals surface area contributed by atoms with Crippen LogP contribution in [0.4, 0.5) is 14.5 Å². The van der Waals surface area contributed by atoms with Crippen molar-refractivity contribution in [2.75, 3.05) is 30.4 Å².